The molecule has 0 radical (unpaired) electrons. The Morgan fingerprint density at radius 2 is 2.46 bits per heavy atom. The van der Waals surface area contributed by atoms with Gasteiger partial charge in [-0.05, 0) is 17.5 Å². The monoisotopic (exact) mass is 193 g/mol. The quantitative estimate of drug-likeness (QED) is 0.792. The molecular formula is C9H7NO2S. The van der Waals surface area contributed by atoms with Gasteiger partial charge in [-0.2, -0.15) is 0 Å². The first-order valence-corrected chi connectivity index (χ1v) is 4.61. The highest BCUT2D eigenvalue weighted by molar-refractivity contribution is 7.19. The molecule has 0 bridgehead atoms. The van der Waals surface area contributed by atoms with Crippen LogP contribution in [0.1, 0.15) is 4.88 Å². The van der Waals surface area contributed by atoms with Crippen molar-refractivity contribution in [3.63, 3.8) is 0 Å². The summed E-state index contributed by atoms with van der Waals surface area (Å²) in [7, 11) is 0. The topological polar surface area (TPSA) is 50.2 Å². The first kappa shape index (κ1) is 8.19. The van der Waals surface area contributed by atoms with E-state index >= 15 is 0 Å². The maximum Gasteiger partial charge on any atom is 0.308 e. The zero-order valence-electron chi connectivity index (χ0n) is 6.73. The lowest BCUT2D eigenvalue weighted by Gasteiger charge is -1.85. The lowest BCUT2D eigenvalue weighted by Crippen LogP contribution is -1.96. The van der Waals surface area contributed by atoms with Crippen molar-refractivity contribution >= 4 is 27.4 Å². The van der Waals surface area contributed by atoms with Gasteiger partial charge in [-0.15, -0.1) is 11.3 Å². The molecule has 66 valence electrons. The number of carbonyl (C=O) groups is 1. The van der Waals surface area contributed by atoms with Crippen LogP contribution in [0.5, 0.6) is 0 Å². The lowest BCUT2D eigenvalue weighted by atomic mass is 10.3. The van der Waals surface area contributed by atoms with Gasteiger partial charge in [0.25, 0.3) is 0 Å². The number of rotatable bonds is 2. The normalized spacial score (nSPS) is 10.5. The fourth-order valence-corrected chi connectivity index (χ4v) is 2.20. The first-order valence-electron chi connectivity index (χ1n) is 3.80. The maximum absolute atomic E-state index is 10.4. The van der Waals surface area contributed by atoms with E-state index in [2.05, 4.69) is 4.98 Å². The fraction of sp³-hybridized carbons (Fsp3) is 0.111. The van der Waals surface area contributed by atoms with Gasteiger partial charge in [0.2, 0.25) is 0 Å². The zero-order chi connectivity index (χ0) is 9.26. The molecule has 0 saturated carbocycles. The molecule has 0 saturated heterocycles. The number of fused-ring (bicyclic) bond motifs is 1. The molecule has 1 N–H and O–H groups in total. The van der Waals surface area contributed by atoms with Crippen LogP contribution in [0, 0.1) is 0 Å². The molecule has 4 heteroatoms. The van der Waals surface area contributed by atoms with Gasteiger partial charge in [-0.1, -0.05) is 0 Å². The number of carboxylic acids is 1. The second-order valence-corrected chi connectivity index (χ2v) is 3.87. The van der Waals surface area contributed by atoms with Crippen molar-refractivity contribution in [3.05, 3.63) is 29.4 Å². The third-order valence-electron chi connectivity index (χ3n) is 1.70. The van der Waals surface area contributed by atoms with E-state index in [1.807, 2.05) is 12.1 Å². The maximum atomic E-state index is 10.4. The van der Waals surface area contributed by atoms with Crippen molar-refractivity contribution < 1.29 is 9.90 Å². The van der Waals surface area contributed by atoms with Crippen molar-refractivity contribution in [1.29, 1.82) is 0 Å². The van der Waals surface area contributed by atoms with Crippen LogP contribution >= 0.6 is 11.3 Å². The van der Waals surface area contributed by atoms with Crippen molar-refractivity contribution in [2.75, 3.05) is 0 Å². The average molecular weight is 193 g/mol. The van der Waals surface area contributed by atoms with E-state index in [9.17, 15) is 4.79 Å². The van der Waals surface area contributed by atoms with Gasteiger partial charge in [-0.25, -0.2) is 0 Å². The Kier molecular flexibility index (Phi) is 1.98. The summed E-state index contributed by atoms with van der Waals surface area (Å²) in [5.41, 5.74) is 0. The summed E-state index contributed by atoms with van der Waals surface area (Å²) in [5.74, 6) is -0.792. The second-order valence-electron chi connectivity index (χ2n) is 2.70. The standard InChI is InChI=1S/C9H7NO2S/c11-9(12)4-7-3-6-1-2-10-5-8(6)13-7/h1-3,5H,4H2,(H,11,12). The van der Waals surface area contributed by atoms with E-state index < -0.39 is 5.97 Å². The van der Waals surface area contributed by atoms with Crippen molar-refractivity contribution in [3.8, 4) is 0 Å². The third kappa shape index (κ3) is 1.67. The van der Waals surface area contributed by atoms with Crippen molar-refractivity contribution in [1.82, 2.24) is 4.98 Å². The van der Waals surface area contributed by atoms with Crippen LogP contribution in [0.2, 0.25) is 0 Å². The van der Waals surface area contributed by atoms with E-state index in [0.29, 0.717) is 0 Å². The van der Waals surface area contributed by atoms with Crippen LogP contribution in [0.3, 0.4) is 0 Å². The molecule has 0 fully saturated rings. The summed E-state index contributed by atoms with van der Waals surface area (Å²) in [5, 5.41) is 9.65. The molecule has 0 aromatic carbocycles. The number of aliphatic carboxylic acids is 1. The summed E-state index contributed by atoms with van der Waals surface area (Å²) in [4.78, 5) is 15.3. The Balaban J connectivity index is 2.44. The van der Waals surface area contributed by atoms with E-state index in [4.69, 9.17) is 5.11 Å². The molecule has 0 aliphatic heterocycles. The van der Waals surface area contributed by atoms with Gasteiger partial charge >= 0.3 is 5.97 Å². The van der Waals surface area contributed by atoms with Gasteiger partial charge in [-0.3, -0.25) is 9.78 Å². The summed E-state index contributed by atoms with van der Waals surface area (Å²) in [6, 6.07) is 3.78. The Labute approximate surface area is 78.7 Å². The highest BCUT2D eigenvalue weighted by Gasteiger charge is 2.04. The highest BCUT2D eigenvalue weighted by Crippen LogP contribution is 2.24. The fourth-order valence-electron chi connectivity index (χ4n) is 1.18. The van der Waals surface area contributed by atoms with Crippen molar-refractivity contribution in [2.45, 2.75) is 6.42 Å². The van der Waals surface area contributed by atoms with Gasteiger partial charge in [0.1, 0.15) is 0 Å². The minimum Gasteiger partial charge on any atom is -0.481 e. The van der Waals surface area contributed by atoms with Crippen LogP contribution in [0.4, 0.5) is 0 Å². The third-order valence-corrected chi connectivity index (χ3v) is 2.78. The molecular weight excluding hydrogens is 186 g/mol. The van der Waals surface area contributed by atoms with Crippen LogP contribution in [0.25, 0.3) is 10.1 Å². The number of hydrogen-bond donors (Lipinski definition) is 1. The summed E-state index contributed by atoms with van der Waals surface area (Å²) in [6.45, 7) is 0. The van der Waals surface area contributed by atoms with Crippen LogP contribution < -0.4 is 0 Å². The van der Waals surface area contributed by atoms with E-state index in [1.165, 1.54) is 11.3 Å². The van der Waals surface area contributed by atoms with Crippen LogP contribution in [0.15, 0.2) is 24.5 Å². The highest BCUT2D eigenvalue weighted by atomic mass is 32.1. The largest absolute Gasteiger partial charge is 0.481 e. The molecule has 2 heterocycles. The van der Waals surface area contributed by atoms with E-state index in [0.717, 1.165) is 15.0 Å². The SMILES string of the molecule is O=C(O)Cc1cc2ccncc2s1. The van der Waals surface area contributed by atoms with Gasteiger partial charge in [0, 0.05) is 17.3 Å². The molecule has 0 amide bonds. The molecule has 0 aliphatic carbocycles. The minimum atomic E-state index is -0.792. The number of thiophene rings is 1. The number of aromatic nitrogens is 1. The van der Waals surface area contributed by atoms with E-state index in [1.54, 1.807) is 12.4 Å². The average Bonchev–Trinajstić information content (AvgIpc) is 2.44. The molecule has 13 heavy (non-hydrogen) atoms. The number of hydrogen-bond acceptors (Lipinski definition) is 3. The molecule has 0 aliphatic rings. The van der Waals surface area contributed by atoms with Gasteiger partial charge in [0.15, 0.2) is 0 Å². The second kappa shape index (κ2) is 3.14. The van der Waals surface area contributed by atoms with Crippen molar-refractivity contribution in [2.24, 2.45) is 0 Å². The summed E-state index contributed by atoms with van der Waals surface area (Å²) < 4.78 is 1.04. The number of nitrogens with zero attached hydrogens (tertiary/aromatic N) is 1. The number of carboxylic acid groups (broad SMARTS) is 1. The predicted molar refractivity (Wildman–Crippen MR) is 51.0 cm³/mol. The predicted octanol–water partition coefficient (Wildman–Crippen LogP) is 1.92. The minimum absolute atomic E-state index is 0.0966. The molecule has 0 spiro atoms. The molecule has 2 rings (SSSR count). The van der Waals surface area contributed by atoms with E-state index in [-0.39, 0.29) is 6.42 Å². The molecule has 0 unspecified atom stereocenters. The first-order chi connectivity index (χ1) is 6.25. The molecule has 2 aromatic heterocycles. The smallest absolute Gasteiger partial charge is 0.308 e. The Morgan fingerprint density at radius 3 is 3.15 bits per heavy atom. The Bertz CT molecular complexity index is 417. The molecule has 3 nitrogen and oxygen atoms in total. The molecule has 2 aromatic rings. The van der Waals surface area contributed by atoms with Crippen LogP contribution in [-0.2, 0) is 11.2 Å². The Morgan fingerprint density at radius 1 is 1.62 bits per heavy atom. The summed E-state index contributed by atoms with van der Waals surface area (Å²) >= 11 is 1.48. The molecule has 0 atom stereocenters. The van der Waals surface area contributed by atoms with Gasteiger partial charge in [0.05, 0.1) is 11.1 Å². The van der Waals surface area contributed by atoms with Gasteiger partial charge < -0.3 is 5.11 Å². The van der Waals surface area contributed by atoms with Crippen LogP contribution in [-0.4, -0.2) is 16.1 Å². The zero-order valence-corrected chi connectivity index (χ0v) is 7.54. The number of pyridine rings is 1. The lowest BCUT2D eigenvalue weighted by molar-refractivity contribution is -0.136. The Hall–Kier alpha value is -1.42. The summed E-state index contributed by atoms with van der Waals surface area (Å²) in [6.07, 6.45) is 3.56.